The van der Waals surface area contributed by atoms with Crippen molar-refractivity contribution in [3.05, 3.63) is 40.3 Å². The molecule has 1 aromatic carbocycles. The predicted molar refractivity (Wildman–Crippen MR) is 64.4 cm³/mol. The lowest BCUT2D eigenvalue weighted by Gasteiger charge is -2.04. The number of carbonyl (C=O) groups excluding carboxylic acids is 1. The minimum Gasteiger partial charge on any atom is -0.294 e. The molecule has 0 bridgehead atoms. The smallest absolute Gasteiger partial charge is 0.294 e. The SMILES string of the molecule is CC(=O)c1ccccc1Sc1n[nH]c(=O)n1C. The number of hydrogen-bond acceptors (Lipinski definition) is 4. The van der Waals surface area contributed by atoms with Gasteiger partial charge >= 0.3 is 5.69 Å². The number of H-pyrrole nitrogens is 1. The van der Waals surface area contributed by atoms with Crippen LogP contribution in [0.3, 0.4) is 0 Å². The van der Waals surface area contributed by atoms with Crippen molar-refractivity contribution in [2.75, 3.05) is 0 Å². The molecule has 0 unspecified atom stereocenters. The van der Waals surface area contributed by atoms with E-state index < -0.39 is 0 Å². The first-order chi connectivity index (χ1) is 8.09. The highest BCUT2D eigenvalue weighted by molar-refractivity contribution is 7.99. The maximum atomic E-state index is 11.4. The van der Waals surface area contributed by atoms with Crippen LogP contribution in [-0.4, -0.2) is 20.5 Å². The zero-order valence-corrected chi connectivity index (χ0v) is 10.2. The Kier molecular flexibility index (Phi) is 3.14. The van der Waals surface area contributed by atoms with Crippen molar-refractivity contribution in [2.24, 2.45) is 7.05 Å². The van der Waals surface area contributed by atoms with Crippen LogP contribution < -0.4 is 5.69 Å². The molecule has 0 aliphatic heterocycles. The van der Waals surface area contributed by atoms with Gasteiger partial charge in [0.25, 0.3) is 0 Å². The number of ketones is 1. The number of hydrogen-bond donors (Lipinski definition) is 1. The fraction of sp³-hybridized carbons (Fsp3) is 0.182. The van der Waals surface area contributed by atoms with Crippen LogP contribution in [0.5, 0.6) is 0 Å². The summed E-state index contributed by atoms with van der Waals surface area (Å²) >= 11 is 1.29. The first kappa shape index (κ1) is 11.7. The van der Waals surface area contributed by atoms with Crippen LogP contribution in [0, 0.1) is 0 Å². The van der Waals surface area contributed by atoms with Crippen LogP contribution in [0.4, 0.5) is 0 Å². The number of Topliss-reactive ketones (excluding diaryl/α,β-unsaturated/α-hetero) is 1. The number of carbonyl (C=O) groups is 1. The van der Waals surface area contributed by atoms with E-state index in [-0.39, 0.29) is 11.5 Å². The van der Waals surface area contributed by atoms with Gasteiger partial charge in [-0.1, -0.05) is 18.2 Å². The Labute approximate surface area is 102 Å². The van der Waals surface area contributed by atoms with Crippen molar-refractivity contribution < 1.29 is 4.79 Å². The van der Waals surface area contributed by atoms with Crippen molar-refractivity contribution in [3.8, 4) is 0 Å². The molecule has 0 saturated carbocycles. The first-order valence-electron chi connectivity index (χ1n) is 4.99. The minimum absolute atomic E-state index is 0.00589. The van der Waals surface area contributed by atoms with Gasteiger partial charge in [-0.2, -0.15) is 0 Å². The maximum Gasteiger partial charge on any atom is 0.343 e. The average molecular weight is 249 g/mol. The molecular formula is C11H11N3O2S. The van der Waals surface area contributed by atoms with Crippen molar-refractivity contribution >= 4 is 17.5 Å². The third-order valence-electron chi connectivity index (χ3n) is 2.31. The van der Waals surface area contributed by atoms with Gasteiger partial charge < -0.3 is 0 Å². The van der Waals surface area contributed by atoms with E-state index in [1.807, 2.05) is 18.2 Å². The molecule has 0 radical (unpaired) electrons. The van der Waals surface area contributed by atoms with Crippen molar-refractivity contribution in [2.45, 2.75) is 17.0 Å². The topological polar surface area (TPSA) is 67.8 Å². The van der Waals surface area contributed by atoms with Gasteiger partial charge in [0.15, 0.2) is 10.9 Å². The molecule has 1 heterocycles. The lowest BCUT2D eigenvalue weighted by atomic mass is 10.1. The number of benzene rings is 1. The molecule has 2 rings (SSSR count). The Bertz CT molecular complexity index is 615. The second kappa shape index (κ2) is 4.58. The fourth-order valence-corrected chi connectivity index (χ4v) is 2.34. The summed E-state index contributed by atoms with van der Waals surface area (Å²) in [4.78, 5) is 23.4. The summed E-state index contributed by atoms with van der Waals surface area (Å²) in [6, 6.07) is 7.25. The first-order valence-corrected chi connectivity index (χ1v) is 5.80. The molecule has 17 heavy (non-hydrogen) atoms. The molecule has 0 atom stereocenters. The van der Waals surface area contributed by atoms with E-state index >= 15 is 0 Å². The number of rotatable bonds is 3. The Morgan fingerprint density at radius 2 is 2.12 bits per heavy atom. The van der Waals surface area contributed by atoms with Gasteiger partial charge in [-0.05, 0) is 24.8 Å². The van der Waals surface area contributed by atoms with E-state index in [2.05, 4.69) is 10.2 Å². The van der Waals surface area contributed by atoms with Gasteiger partial charge in [0.1, 0.15) is 0 Å². The van der Waals surface area contributed by atoms with Gasteiger partial charge in [0, 0.05) is 17.5 Å². The van der Waals surface area contributed by atoms with Crippen molar-refractivity contribution in [1.29, 1.82) is 0 Å². The quantitative estimate of drug-likeness (QED) is 0.836. The summed E-state index contributed by atoms with van der Waals surface area (Å²) < 4.78 is 1.40. The zero-order valence-electron chi connectivity index (χ0n) is 9.43. The zero-order chi connectivity index (χ0) is 12.4. The molecule has 0 fully saturated rings. The Hall–Kier alpha value is -1.82. The number of nitrogens with one attached hydrogen (secondary N) is 1. The van der Waals surface area contributed by atoms with E-state index in [4.69, 9.17) is 0 Å². The summed E-state index contributed by atoms with van der Waals surface area (Å²) in [5.74, 6) is -0.00589. The molecule has 0 aliphatic carbocycles. The monoisotopic (exact) mass is 249 g/mol. The second-order valence-corrected chi connectivity index (χ2v) is 4.53. The lowest BCUT2D eigenvalue weighted by Crippen LogP contribution is -2.12. The predicted octanol–water partition coefficient (Wildman–Crippen LogP) is 1.46. The maximum absolute atomic E-state index is 11.4. The summed E-state index contributed by atoms with van der Waals surface area (Å²) in [6.07, 6.45) is 0. The Morgan fingerprint density at radius 1 is 1.41 bits per heavy atom. The van der Waals surface area contributed by atoms with Gasteiger partial charge in [0.05, 0.1) is 0 Å². The number of aromatic nitrogens is 3. The summed E-state index contributed by atoms with van der Waals surface area (Å²) in [7, 11) is 1.63. The average Bonchev–Trinajstić information content (AvgIpc) is 2.61. The van der Waals surface area contributed by atoms with Crippen LogP contribution in [0.1, 0.15) is 17.3 Å². The molecule has 1 aromatic heterocycles. The molecule has 0 aliphatic rings. The molecule has 5 nitrogen and oxygen atoms in total. The molecule has 0 saturated heterocycles. The van der Waals surface area contributed by atoms with E-state index in [1.165, 1.54) is 23.3 Å². The van der Waals surface area contributed by atoms with Crippen LogP contribution in [0.2, 0.25) is 0 Å². The van der Waals surface area contributed by atoms with Gasteiger partial charge in [-0.25, -0.2) is 9.89 Å². The van der Waals surface area contributed by atoms with E-state index in [0.29, 0.717) is 10.7 Å². The number of aromatic amines is 1. The molecular weight excluding hydrogens is 238 g/mol. The lowest BCUT2D eigenvalue weighted by molar-refractivity contribution is 0.101. The minimum atomic E-state index is -0.271. The third kappa shape index (κ3) is 2.31. The summed E-state index contributed by atoms with van der Waals surface area (Å²) in [5, 5.41) is 6.78. The van der Waals surface area contributed by atoms with E-state index in [1.54, 1.807) is 13.1 Å². The van der Waals surface area contributed by atoms with E-state index in [0.717, 1.165) is 4.90 Å². The molecule has 2 aromatic rings. The van der Waals surface area contributed by atoms with Crippen LogP contribution in [-0.2, 0) is 7.05 Å². The number of nitrogens with zero attached hydrogens (tertiary/aromatic N) is 2. The normalized spacial score (nSPS) is 10.5. The third-order valence-corrected chi connectivity index (χ3v) is 3.43. The van der Waals surface area contributed by atoms with Gasteiger partial charge in [-0.3, -0.25) is 9.36 Å². The Balaban J connectivity index is 2.40. The summed E-state index contributed by atoms with van der Waals surface area (Å²) in [5.41, 5.74) is 0.362. The van der Waals surface area contributed by atoms with Crippen LogP contribution >= 0.6 is 11.8 Å². The molecule has 0 amide bonds. The van der Waals surface area contributed by atoms with Gasteiger partial charge in [0.2, 0.25) is 0 Å². The molecule has 88 valence electrons. The van der Waals surface area contributed by atoms with E-state index in [9.17, 15) is 9.59 Å². The summed E-state index contributed by atoms with van der Waals surface area (Å²) in [6.45, 7) is 1.52. The fourth-order valence-electron chi connectivity index (χ4n) is 1.37. The van der Waals surface area contributed by atoms with Gasteiger partial charge in [-0.15, -0.1) is 5.10 Å². The largest absolute Gasteiger partial charge is 0.343 e. The Morgan fingerprint density at radius 3 is 2.71 bits per heavy atom. The highest BCUT2D eigenvalue weighted by atomic mass is 32.2. The second-order valence-electron chi connectivity index (χ2n) is 3.52. The molecule has 1 N–H and O–H groups in total. The van der Waals surface area contributed by atoms with Crippen molar-refractivity contribution in [3.63, 3.8) is 0 Å². The van der Waals surface area contributed by atoms with Crippen LogP contribution in [0.25, 0.3) is 0 Å². The highest BCUT2D eigenvalue weighted by Gasteiger charge is 2.11. The van der Waals surface area contributed by atoms with Crippen LogP contribution in [0.15, 0.2) is 39.1 Å². The molecule has 6 heteroatoms. The standard InChI is InChI=1S/C11H11N3O2S/c1-7(15)8-5-3-4-6-9(8)17-11-13-12-10(16)14(11)2/h3-6H,1-2H3,(H,12,16). The molecule has 0 spiro atoms. The highest BCUT2D eigenvalue weighted by Crippen LogP contribution is 2.28. The van der Waals surface area contributed by atoms with Crippen molar-refractivity contribution in [1.82, 2.24) is 14.8 Å².